The number of anilines is 1. The Labute approximate surface area is 114 Å². The molecule has 0 aromatic heterocycles. The number of hydrogen-bond acceptors (Lipinski definition) is 3. The Balaban J connectivity index is 3.22. The standard InChI is InChI=1S/C15H20N2O2/c1-10-11(2)13(19-6)8-7-12(10)17(5)14(18)15(3,4)9-16/h7-8H,1-6H3. The van der Waals surface area contributed by atoms with Crippen molar-refractivity contribution < 1.29 is 9.53 Å². The van der Waals surface area contributed by atoms with E-state index in [2.05, 4.69) is 0 Å². The van der Waals surface area contributed by atoms with E-state index >= 15 is 0 Å². The predicted octanol–water partition coefficient (Wildman–Crippen LogP) is 2.82. The molecular weight excluding hydrogens is 240 g/mol. The number of methoxy groups -OCH3 is 1. The van der Waals surface area contributed by atoms with E-state index in [4.69, 9.17) is 10.00 Å². The molecule has 0 heterocycles. The van der Waals surface area contributed by atoms with Gasteiger partial charge in [0.2, 0.25) is 5.91 Å². The fourth-order valence-electron chi connectivity index (χ4n) is 1.94. The van der Waals surface area contributed by atoms with Gasteiger partial charge in [-0.25, -0.2) is 0 Å². The molecule has 4 heteroatoms. The smallest absolute Gasteiger partial charge is 0.246 e. The van der Waals surface area contributed by atoms with Crippen molar-refractivity contribution in [3.8, 4) is 11.8 Å². The van der Waals surface area contributed by atoms with Crippen LogP contribution in [0.4, 0.5) is 5.69 Å². The molecule has 102 valence electrons. The predicted molar refractivity (Wildman–Crippen MR) is 75.3 cm³/mol. The van der Waals surface area contributed by atoms with Gasteiger partial charge < -0.3 is 9.64 Å². The van der Waals surface area contributed by atoms with Gasteiger partial charge in [0.15, 0.2) is 0 Å². The van der Waals surface area contributed by atoms with E-state index in [-0.39, 0.29) is 5.91 Å². The summed E-state index contributed by atoms with van der Waals surface area (Å²) in [4.78, 5) is 13.8. The molecule has 0 aliphatic carbocycles. The van der Waals surface area contributed by atoms with E-state index in [1.54, 1.807) is 28.0 Å². The minimum atomic E-state index is -1.03. The second-order valence-electron chi connectivity index (χ2n) is 5.14. The summed E-state index contributed by atoms with van der Waals surface area (Å²) >= 11 is 0. The van der Waals surface area contributed by atoms with Gasteiger partial charge in [-0.15, -0.1) is 0 Å². The Kier molecular flexibility index (Phi) is 4.21. The van der Waals surface area contributed by atoms with Crippen molar-refractivity contribution in [2.75, 3.05) is 19.1 Å². The lowest BCUT2D eigenvalue weighted by Crippen LogP contribution is -2.38. The summed E-state index contributed by atoms with van der Waals surface area (Å²) in [5.74, 6) is 0.573. The van der Waals surface area contributed by atoms with Crippen molar-refractivity contribution in [2.24, 2.45) is 5.41 Å². The third kappa shape index (κ3) is 2.70. The van der Waals surface area contributed by atoms with Crippen molar-refractivity contribution >= 4 is 11.6 Å². The highest BCUT2D eigenvalue weighted by atomic mass is 16.5. The molecule has 0 unspecified atom stereocenters. The second-order valence-corrected chi connectivity index (χ2v) is 5.14. The lowest BCUT2D eigenvalue weighted by Gasteiger charge is -2.26. The maximum atomic E-state index is 12.3. The number of hydrogen-bond donors (Lipinski definition) is 0. The first-order chi connectivity index (χ1) is 8.76. The van der Waals surface area contributed by atoms with Crippen molar-refractivity contribution in [3.05, 3.63) is 23.3 Å². The SMILES string of the molecule is COc1ccc(N(C)C(=O)C(C)(C)C#N)c(C)c1C. The molecule has 0 spiro atoms. The van der Waals surface area contributed by atoms with Crippen molar-refractivity contribution in [1.82, 2.24) is 0 Å². The summed E-state index contributed by atoms with van der Waals surface area (Å²) in [5.41, 5.74) is 1.74. The molecule has 0 aliphatic heterocycles. The van der Waals surface area contributed by atoms with Crippen LogP contribution in [-0.2, 0) is 4.79 Å². The number of nitrogens with zero attached hydrogens (tertiary/aromatic N) is 2. The minimum absolute atomic E-state index is 0.220. The molecule has 0 N–H and O–H groups in total. The number of rotatable bonds is 3. The third-order valence-corrected chi connectivity index (χ3v) is 3.41. The number of amides is 1. The first kappa shape index (κ1) is 15.0. The number of ether oxygens (including phenoxy) is 1. The Bertz CT molecular complexity index is 542. The first-order valence-electron chi connectivity index (χ1n) is 6.10. The second kappa shape index (κ2) is 5.31. The van der Waals surface area contributed by atoms with Crippen LogP contribution in [0, 0.1) is 30.6 Å². The van der Waals surface area contributed by atoms with Gasteiger partial charge in [0.1, 0.15) is 11.2 Å². The molecule has 1 aromatic carbocycles. The van der Waals surface area contributed by atoms with Gasteiger partial charge in [-0.05, 0) is 51.0 Å². The summed E-state index contributed by atoms with van der Waals surface area (Å²) < 4.78 is 5.25. The Morgan fingerprint density at radius 3 is 2.37 bits per heavy atom. The fraction of sp³-hybridized carbons (Fsp3) is 0.467. The zero-order valence-electron chi connectivity index (χ0n) is 12.4. The molecule has 0 radical (unpaired) electrons. The number of carbonyl (C=O) groups excluding carboxylic acids is 1. The molecule has 19 heavy (non-hydrogen) atoms. The zero-order chi connectivity index (χ0) is 14.8. The van der Waals surface area contributed by atoms with Crippen molar-refractivity contribution in [1.29, 1.82) is 5.26 Å². The van der Waals surface area contributed by atoms with E-state index in [1.807, 2.05) is 32.0 Å². The Morgan fingerprint density at radius 1 is 1.32 bits per heavy atom. The Morgan fingerprint density at radius 2 is 1.89 bits per heavy atom. The molecule has 0 aliphatic rings. The molecule has 1 aromatic rings. The highest BCUT2D eigenvalue weighted by Crippen LogP contribution is 2.31. The van der Waals surface area contributed by atoms with Gasteiger partial charge in [0.05, 0.1) is 13.2 Å². The average Bonchev–Trinajstić information content (AvgIpc) is 2.40. The molecule has 0 fully saturated rings. The van der Waals surface area contributed by atoms with Crippen LogP contribution in [0.5, 0.6) is 5.75 Å². The van der Waals surface area contributed by atoms with Crippen molar-refractivity contribution in [2.45, 2.75) is 27.7 Å². The van der Waals surface area contributed by atoms with Crippen LogP contribution < -0.4 is 9.64 Å². The van der Waals surface area contributed by atoms with Crippen LogP contribution in [0.15, 0.2) is 12.1 Å². The summed E-state index contributed by atoms with van der Waals surface area (Å²) in [6, 6.07) is 5.71. The monoisotopic (exact) mass is 260 g/mol. The van der Waals surface area contributed by atoms with Gasteiger partial charge >= 0.3 is 0 Å². The minimum Gasteiger partial charge on any atom is -0.496 e. The molecule has 0 bridgehead atoms. The third-order valence-electron chi connectivity index (χ3n) is 3.41. The lowest BCUT2D eigenvalue weighted by atomic mass is 9.93. The van der Waals surface area contributed by atoms with Crippen LogP contribution in [0.2, 0.25) is 0 Å². The summed E-state index contributed by atoms with van der Waals surface area (Å²) in [6.45, 7) is 7.14. The average molecular weight is 260 g/mol. The van der Waals surface area contributed by atoms with Crippen LogP contribution in [0.1, 0.15) is 25.0 Å². The van der Waals surface area contributed by atoms with E-state index in [9.17, 15) is 4.79 Å². The summed E-state index contributed by atoms with van der Waals surface area (Å²) in [7, 11) is 3.31. The van der Waals surface area contributed by atoms with Gasteiger partial charge in [-0.2, -0.15) is 5.26 Å². The van der Waals surface area contributed by atoms with Crippen LogP contribution in [-0.4, -0.2) is 20.1 Å². The maximum absolute atomic E-state index is 12.3. The molecule has 0 saturated heterocycles. The van der Waals surface area contributed by atoms with Gasteiger partial charge in [0, 0.05) is 12.7 Å². The topological polar surface area (TPSA) is 53.3 Å². The van der Waals surface area contributed by atoms with Gasteiger partial charge in [-0.3, -0.25) is 4.79 Å². The highest BCUT2D eigenvalue weighted by Gasteiger charge is 2.31. The number of benzene rings is 1. The quantitative estimate of drug-likeness (QED) is 0.839. The normalized spacial score (nSPS) is 10.8. The van der Waals surface area contributed by atoms with E-state index in [1.165, 1.54) is 4.90 Å². The van der Waals surface area contributed by atoms with Crippen molar-refractivity contribution in [3.63, 3.8) is 0 Å². The van der Waals surface area contributed by atoms with Crippen LogP contribution in [0.3, 0.4) is 0 Å². The highest BCUT2D eigenvalue weighted by molar-refractivity contribution is 5.99. The van der Waals surface area contributed by atoms with Crippen LogP contribution >= 0.6 is 0 Å². The molecular formula is C15H20N2O2. The molecule has 4 nitrogen and oxygen atoms in total. The largest absolute Gasteiger partial charge is 0.496 e. The molecule has 1 amide bonds. The maximum Gasteiger partial charge on any atom is 0.246 e. The van der Waals surface area contributed by atoms with E-state index in [0.29, 0.717) is 0 Å². The zero-order valence-corrected chi connectivity index (χ0v) is 12.4. The van der Waals surface area contributed by atoms with E-state index in [0.717, 1.165) is 22.6 Å². The first-order valence-corrected chi connectivity index (χ1v) is 6.10. The number of carbonyl (C=O) groups is 1. The Hall–Kier alpha value is -2.02. The number of nitriles is 1. The molecule has 0 saturated carbocycles. The van der Waals surface area contributed by atoms with Crippen LogP contribution in [0.25, 0.3) is 0 Å². The van der Waals surface area contributed by atoms with E-state index < -0.39 is 5.41 Å². The summed E-state index contributed by atoms with van der Waals surface area (Å²) in [6.07, 6.45) is 0. The fourth-order valence-corrected chi connectivity index (χ4v) is 1.94. The lowest BCUT2D eigenvalue weighted by molar-refractivity contribution is -0.123. The molecule has 0 atom stereocenters. The molecule has 1 rings (SSSR count). The van der Waals surface area contributed by atoms with Gasteiger partial charge in [-0.1, -0.05) is 0 Å². The summed E-state index contributed by atoms with van der Waals surface area (Å²) in [5, 5.41) is 9.05. The van der Waals surface area contributed by atoms with Gasteiger partial charge in [0.25, 0.3) is 0 Å².